The number of aryl methyl sites for hydroxylation is 2. The highest BCUT2D eigenvalue weighted by atomic mass is 16.5. The largest absolute Gasteiger partial charge is 0.368 e. The van der Waals surface area contributed by atoms with Gasteiger partial charge in [0.15, 0.2) is 5.82 Å². The maximum absolute atomic E-state index is 5.89. The summed E-state index contributed by atoms with van der Waals surface area (Å²) >= 11 is 0. The van der Waals surface area contributed by atoms with Crippen LogP contribution in [0.5, 0.6) is 0 Å². The molecule has 0 amide bonds. The highest BCUT2D eigenvalue weighted by Crippen LogP contribution is 2.21. The van der Waals surface area contributed by atoms with E-state index in [1.807, 2.05) is 11.6 Å². The van der Waals surface area contributed by atoms with Gasteiger partial charge in [0.25, 0.3) is 0 Å². The van der Waals surface area contributed by atoms with E-state index in [1.54, 1.807) is 6.33 Å². The van der Waals surface area contributed by atoms with E-state index >= 15 is 0 Å². The Morgan fingerprint density at radius 1 is 1.39 bits per heavy atom. The van der Waals surface area contributed by atoms with Gasteiger partial charge in [-0.25, -0.2) is 0 Å². The number of ether oxygens (including phenoxy) is 1. The van der Waals surface area contributed by atoms with E-state index in [-0.39, 0.29) is 6.10 Å². The summed E-state index contributed by atoms with van der Waals surface area (Å²) in [5, 5.41) is 8.16. The van der Waals surface area contributed by atoms with Crippen molar-refractivity contribution in [2.75, 3.05) is 19.7 Å². The van der Waals surface area contributed by atoms with Crippen LogP contribution in [0.25, 0.3) is 0 Å². The zero-order chi connectivity index (χ0) is 16.2. The molecule has 1 saturated heterocycles. The van der Waals surface area contributed by atoms with Gasteiger partial charge in [0, 0.05) is 45.1 Å². The maximum Gasteiger partial charge on any atom is 0.163 e. The molecule has 0 bridgehead atoms. The van der Waals surface area contributed by atoms with Crippen molar-refractivity contribution in [2.45, 2.75) is 39.5 Å². The molecule has 1 atom stereocenters. The summed E-state index contributed by atoms with van der Waals surface area (Å²) in [6.07, 6.45) is 5.15. The van der Waals surface area contributed by atoms with Crippen LogP contribution in [0.2, 0.25) is 0 Å². The summed E-state index contributed by atoms with van der Waals surface area (Å²) in [5.41, 5.74) is 1.38. The van der Waals surface area contributed by atoms with Gasteiger partial charge >= 0.3 is 0 Å². The second kappa shape index (κ2) is 7.27. The lowest BCUT2D eigenvalue weighted by Crippen LogP contribution is -2.39. The third-order valence-electron chi connectivity index (χ3n) is 4.44. The number of hydrogen-bond acceptors (Lipinski definition) is 4. The normalized spacial score (nSPS) is 19.6. The fraction of sp³-hybridized carbons (Fsp3) is 0.647. The van der Waals surface area contributed by atoms with Crippen molar-refractivity contribution >= 4 is 0 Å². The first kappa shape index (κ1) is 16.2. The Bertz CT molecular complexity index is 618. The van der Waals surface area contributed by atoms with E-state index in [4.69, 9.17) is 4.74 Å². The zero-order valence-corrected chi connectivity index (χ0v) is 14.4. The third-order valence-corrected chi connectivity index (χ3v) is 4.44. The van der Waals surface area contributed by atoms with Crippen molar-refractivity contribution in [1.82, 2.24) is 24.2 Å². The van der Waals surface area contributed by atoms with Crippen molar-refractivity contribution in [1.29, 1.82) is 0 Å². The molecular formula is C17H27N5O. The monoisotopic (exact) mass is 317 g/mol. The van der Waals surface area contributed by atoms with Crippen molar-refractivity contribution in [3.8, 4) is 0 Å². The molecule has 23 heavy (non-hydrogen) atoms. The first-order chi connectivity index (χ1) is 11.1. The number of morpholine rings is 1. The predicted molar refractivity (Wildman–Crippen MR) is 88.9 cm³/mol. The molecule has 3 rings (SSSR count). The van der Waals surface area contributed by atoms with Crippen molar-refractivity contribution < 1.29 is 4.74 Å². The van der Waals surface area contributed by atoms with E-state index in [2.05, 4.69) is 51.8 Å². The molecule has 0 unspecified atom stereocenters. The molecule has 2 aromatic rings. The Balaban J connectivity index is 1.62. The van der Waals surface area contributed by atoms with Crippen LogP contribution in [-0.4, -0.2) is 43.9 Å². The Labute approximate surface area is 138 Å². The maximum atomic E-state index is 5.89. The van der Waals surface area contributed by atoms with E-state index < -0.39 is 0 Å². The SMILES string of the molecule is CC(C)CCn1cccc1CN1CCO[C@@H](c2nncn2C)C1. The molecule has 126 valence electrons. The van der Waals surface area contributed by atoms with Gasteiger partial charge in [0.05, 0.1) is 6.61 Å². The van der Waals surface area contributed by atoms with Crippen LogP contribution in [0, 0.1) is 5.92 Å². The molecule has 1 fully saturated rings. The molecule has 1 aliphatic rings. The second-order valence-electron chi connectivity index (χ2n) is 6.77. The molecule has 6 heteroatoms. The summed E-state index contributed by atoms with van der Waals surface area (Å²) in [6, 6.07) is 4.38. The van der Waals surface area contributed by atoms with Gasteiger partial charge in [-0.2, -0.15) is 0 Å². The fourth-order valence-corrected chi connectivity index (χ4v) is 3.02. The van der Waals surface area contributed by atoms with Gasteiger partial charge in [-0.05, 0) is 24.5 Å². The minimum Gasteiger partial charge on any atom is -0.368 e. The number of aromatic nitrogens is 4. The van der Waals surface area contributed by atoms with Crippen molar-refractivity contribution in [3.63, 3.8) is 0 Å². The Hall–Kier alpha value is -1.66. The molecule has 0 radical (unpaired) electrons. The highest BCUT2D eigenvalue weighted by Gasteiger charge is 2.25. The van der Waals surface area contributed by atoms with Gasteiger partial charge in [0.2, 0.25) is 0 Å². The first-order valence-electron chi connectivity index (χ1n) is 8.45. The van der Waals surface area contributed by atoms with Gasteiger partial charge in [-0.15, -0.1) is 10.2 Å². The van der Waals surface area contributed by atoms with Crippen LogP contribution in [0.1, 0.15) is 37.9 Å². The molecule has 0 N–H and O–H groups in total. The van der Waals surface area contributed by atoms with Crippen LogP contribution >= 0.6 is 0 Å². The smallest absolute Gasteiger partial charge is 0.163 e. The molecule has 0 aliphatic carbocycles. The average molecular weight is 317 g/mol. The molecule has 0 aromatic carbocycles. The molecule has 3 heterocycles. The first-order valence-corrected chi connectivity index (χ1v) is 8.45. The molecule has 0 saturated carbocycles. The van der Waals surface area contributed by atoms with Crippen LogP contribution < -0.4 is 0 Å². The van der Waals surface area contributed by atoms with Crippen LogP contribution in [0.15, 0.2) is 24.7 Å². The minimum atomic E-state index is 0.00956. The fourth-order valence-electron chi connectivity index (χ4n) is 3.02. The third kappa shape index (κ3) is 4.00. The van der Waals surface area contributed by atoms with Crippen molar-refractivity contribution in [2.24, 2.45) is 13.0 Å². The highest BCUT2D eigenvalue weighted by molar-refractivity contribution is 5.07. The zero-order valence-electron chi connectivity index (χ0n) is 14.4. The minimum absolute atomic E-state index is 0.00956. The van der Waals surface area contributed by atoms with E-state index in [1.165, 1.54) is 12.1 Å². The van der Waals surface area contributed by atoms with E-state index in [0.717, 1.165) is 44.5 Å². The summed E-state index contributed by atoms with van der Waals surface area (Å²) in [5.74, 6) is 1.64. The molecular weight excluding hydrogens is 290 g/mol. The average Bonchev–Trinajstić information content (AvgIpc) is 3.14. The topological polar surface area (TPSA) is 48.1 Å². The molecule has 1 aliphatic heterocycles. The van der Waals surface area contributed by atoms with Gasteiger partial charge in [-0.1, -0.05) is 13.8 Å². The van der Waals surface area contributed by atoms with Gasteiger partial charge < -0.3 is 13.9 Å². The summed E-state index contributed by atoms with van der Waals surface area (Å²) in [7, 11) is 1.97. The van der Waals surface area contributed by atoms with Crippen molar-refractivity contribution in [3.05, 3.63) is 36.2 Å². The number of nitrogens with zero attached hydrogens (tertiary/aromatic N) is 5. The Morgan fingerprint density at radius 3 is 3.00 bits per heavy atom. The lowest BCUT2D eigenvalue weighted by atomic mass is 10.1. The number of rotatable bonds is 6. The van der Waals surface area contributed by atoms with Crippen LogP contribution in [0.4, 0.5) is 0 Å². The van der Waals surface area contributed by atoms with Gasteiger partial charge in [0.1, 0.15) is 12.4 Å². The Morgan fingerprint density at radius 2 is 2.26 bits per heavy atom. The van der Waals surface area contributed by atoms with Crippen LogP contribution in [-0.2, 0) is 24.9 Å². The van der Waals surface area contributed by atoms with E-state index in [0.29, 0.717) is 0 Å². The molecule has 2 aromatic heterocycles. The summed E-state index contributed by atoms with van der Waals surface area (Å²) in [4.78, 5) is 2.45. The Kier molecular flexibility index (Phi) is 5.13. The van der Waals surface area contributed by atoms with Gasteiger partial charge in [-0.3, -0.25) is 4.90 Å². The lowest BCUT2D eigenvalue weighted by Gasteiger charge is -2.32. The lowest BCUT2D eigenvalue weighted by molar-refractivity contribution is -0.0391. The summed E-state index contributed by atoms with van der Waals surface area (Å²) < 4.78 is 10.2. The summed E-state index contributed by atoms with van der Waals surface area (Å²) in [6.45, 7) is 9.17. The predicted octanol–water partition coefficient (Wildman–Crippen LogP) is 2.24. The second-order valence-corrected chi connectivity index (χ2v) is 6.77. The quantitative estimate of drug-likeness (QED) is 0.820. The molecule has 0 spiro atoms. The number of hydrogen-bond donors (Lipinski definition) is 0. The van der Waals surface area contributed by atoms with E-state index in [9.17, 15) is 0 Å². The molecule has 6 nitrogen and oxygen atoms in total. The van der Waals surface area contributed by atoms with Crippen LogP contribution in [0.3, 0.4) is 0 Å². The standard InChI is InChI=1S/C17H27N5O/c1-14(2)6-8-22-7-4-5-15(22)11-21-9-10-23-16(12-21)17-19-18-13-20(17)3/h4-5,7,13-14,16H,6,8-12H2,1-3H3/t16-/m1/s1.